The molecule has 32 heavy (non-hydrogen) atoms. The minimum absolute atomic E-state index is 0.00289. The second-order valence-corrected chi connectivity index (χ2v) is 7.84. The Morgan fingerprint density at radius 3 is 2.19 bits per heavy atom. The number of halogens is 7. The minimum atomic E-state index is -4.63. The van der Waals surface area contributed by atoms with Gasteiger partial charge in [-0.1, -0.05) is 36.0 Å². The molecule has 168 valence electrons. The minimum Gasteiger partial charge on any atom is -0.357 e. The van der Waals surface area contributed by atoms with Gasteiger partial charge in [0, 0.05) is 5.56 Å². The lowest BCUT2D eigenvalue weighted by atomic mass is 10.0. The molecule has 0 saturated carbocycles. The zero-order chi connectivity index (χ0) is 23.9. The molecule has 1 atom stereocenters. The lowest BCUT2D eigenvalue weighted by molar-refractivity contribution is -0.138. The molecule has 1 aromatic heterocycles. The molecule has 1 heterocycles. The number of nitrogens with zero attached hydrogens (tertiary/aromatic N) is 4. The first-order valence-corrected chi connectivity index (χ1v) is 9.53. The van der Waals surface area contributed by atoms with Crippen LogP contribution in [0.4, 0.5) is 26.3 Å². The molecular weight excluding hydrogens is 480 g/mol. The average Bonchev–Trinajstić information content (AvgIpc) is 3.09. The summed E-state index contributed by atoms with van der Waals surface area (Å²) in [5.41, 5.74) is -3.14. The summed E-state index contributed by atoms with van der Waals surface area (Å²) in [6.07, 6.45) is -9.13. The number of thiocarbonyl (C=S) groups is 1. The highest BCUT2D eigenvalue weighted by molar-refractivity contribution is 7.80. The van der Waals surface area contributed by atoms with E-state index in [0.717, 1.165) is 41.2 Å². The number of benzene rings is 2. The fourth-order valence-electron chi connectivity index (χ4n) is 2.78. The Morgan fingerprint density at radius 2 is 1.66 bits per heavy atom. The third-order valence-corrected chi connectivity index (χ3v) is 5.00. The summed E-state index contributed by atoms with van der Waals surface area (Å²) in [6, 6.07) is 7.51. The summed E-state index contributed by atoms with van der Waals surface area (Å²) in [5, 5.41) is 20.1. The van der Waals surface area contributed by atoms with Gasteiger partial charge in [-0.15, -0.1) is 0 Å². The van der Waals surface area contributed by atoms with Crippen molar-refractivity contribution in [3.8, 4) is 6.07 Å². The first-order valence-electron chi connectivity index (χ1n) is 8.74. The number of fused-ring (bicyclic) bond motifs is 1. The maximum absolute atomic E-state index is 13.0. The summed E-state index contributed by atoms with van der Waals surface area (Å²) >= 11 is 11.1. The van der Waals surface area contributed by atoms with Crippen LogP contribution in [-0.4, -0.2) is 25.5 Å². The Kier molecular flexibility index (Phi) is 6.10. The molecule has 3 aromatic rings. The van der Waals surface area contributed by atoms with Gasteiger partial charge in [0.1, 0.15) is 21.6 Å². The van der Waals surface area contributed by atoms with Crippen LogP contribution >= 0.6 is 23.8 Å². The molecule has 2 aromatic carbocycles. The topological polar surface area (TPSA) is 66.5 Å². The van der Waals surface area contributed by atoms with E-state index < -0.39 is 29.0 Å². The smallest absolute Gasteiger partial charge is 0.357 e. The zero-order valence-electron chi connectivity index (χ0n) is 16.0. The monoisotopic (exact) mass is 491 g/mol. The van der Waals surface area contributed by atoms with Crippen molar-refractivity contribution in [1.82, 2.24) is 20.3 Å². The summed E-state index contributed by atoms with van der Waals surface area (Å²) in [4.78, 5) is 0.999. The molecular formula is C19H12ClF6N5S. The fourth-order valence-corrected chi connectivity index (χ4v) is 3.39. The summed E-state index contributed by atoms with van der Waals surface area (Å²) in [6.45, 7) is 1.19. The lowest BCUT2D eigenvalue weighted by Crippen LogP contribution is -2.48. The molecule has 5 nitrogen and oxygen atoms in total. The predicted molar refractivity (Wildman–Crippen MR) is 108 cm³/mol. The standard InChI is InChI=1S/C19H12ClF6N5S/c1-17(8-27,28-16(32)10-2-4-11(5-3-10)18(21,22)23)9-31-29-14-7-12(19(24,25)26)6-13(20)15(14)30-31/h2-7H,9H2,1H3,(H,28,32). The van der Waals surface area contributed by atoms with Crippen molar-refractivity contribution in [2.45, 2.75) is 31.4 Å². The van der Waals surface area contributed by atoms with Crippen molar-refractivity contribution < 1.29 is 26.3 Å². The third-order valence-electron chi connectivity index (χ3n) is 4.38. The largest absolute Gasteiger partial charge is 0.416 e. The van der Waals surface area contributed by atoms with Gasteiger partial charge in [0.25, 0.3) is 0 Å². The van der Waals surface area contributed by atoms with Gasteiger partial charge in [-0.05, 0) is 31.2 Å². The highest BCUT2D eigenvalue weighted by Crippen LogP contribution is 2.34. The molecule has 0 aliphatic heterocycles. The van der Waals surface area contributed by atoms with Gasteiger partial charge in [-0.3, -0.25) is 0 Å². The van der Waals surface area contributed by atoms with E-state index in [1.807, 2.05) is 6.07 Å². The van der Waals surface area contributed by atoms with E-state index in [2.05, 4.69) is 15.5 Å². The number of hydrogen-bond donors (Lipinski definition) is 1. The van der Waals surface area contributed by atoms with E-state index in [-0.39, 0.29) is 33.2 Å². The van der Waals surface area contributed by atoms with E-state index >= 15 is 0 Å². The first kappa shape index (κ1) is 23.7. The molecule has 0 spiro atoms. The number of nitrogens with one attached hydrogen (secondary N) is 1. The third kappa shape index (κ3) is 5.11. The second-order valence-electron chi connectivity index (χ2n) is 7.03. The van der Waals surface area contributed by atoms with Gasteiger partial charge in [0.2, 0.25) is 0 Å². The molecule has 1 unspecified atom stereocenters. The van der Waals surface area contributed by atoms with Crippen LogP contribution in [0.2, 0.25) is 5.02 Å². The van der Waals surface area contributed by atoms with Crippen LogP contribution in [0, 0.1) is 11.3 Å². The Labute approximate surface area is 187 Å². The molecule has 0 aliphatic rings. The van der Waals surface area contributed by atoms with Gasteiger partial charge >= 0.3 is 12.4 Å². The maximum Gasteiger partial charge on any atom is 0.416 e. The van der Waals surface area contributed by atoms with Gasteiger partial charge in [0.15, 0.2) is 0 Å². The van der Waals surface area contributed by atoms with E-state index in [1.54, 1.807) is 0 Å². The van der Waals surface area contributed by atoms with Crippen LogP contribution < -0.4 is 5.32 Å². The highest BCUT2D eigenvalue weighted by atomic mass is 35.5. The Morgan fingerprint density at radius 1 is 1.06 bits per heavy atom. The first-order chi connectivity index (χ1) is 14.7. The van der Waals surface area contributed by atoms with Crippen molar-refractivity contribution in [3.05, 3.63) is 58.1 Å². The van der Waals surface area contributed by atoms with Crippen molar-refractivity contribution >= 4 is 39.8 Å². The summed E-state index contributed by atoms with van der Waals surface area (Å²) in [7, 11) is 0. The lowest BCUT2D eigenvalue weighted by Gasteiger charge is -2.24. The SMILES string of the molecule is CC(C#N)(Cn1nc2cc(C(F)(F)F)cc(Cl)c2n1)NC(=S)c1ccc(C(F)(F)F)cc1. The molecule has 0 fully saturated rings. The quantitative estimate of drug-likeness (QED) is 0.392. The summed E-state index contributed by atoms with van der Waals surface area (Å²) in [5.74, 6) is 0. The Hall–Kier alpha value is -2.91. The fraction of sp³-hybridized carbons (Fsp3) is 0.263. The van der Waals surface area contributed by atoms with Crippen LogP contribution in [0.5, 0.6) is 0 Å². The Balaban J connectivity index is 1.83. The molecule has 1 N–H and O–H groups in total. The molecule has 0 radical (unpaired) electrons. The van der Waals surface area contributed by atoms with Crippen LogP contribution in [0.25, 0.3) is 11.0 Å². The van der Waals surface area contributed by atoms with Crippen molar-refractivity contribution in [2.24, 2.45) is 0 Å². The Bertz CT molecular complexity index is 1210. The van der Waals surface area contributed by atoms with E-state index in [1.165, 1.54) is 6.92 Å². The van der Waals surface area contributed by atoms with Gasteiger partial charge < -0.3 is 5.32 Å². The number of aromatic nitrogens is 3. The molecule has 0 saturated heterocycles. The van der Waals surface area contributed by atoms with Gasteiger partial charge in [0.05, 0.1) is 28.8 Å². The number of alkyl halides is 6. The van der Waals surface area contributed by atoms with Crippen molar-refractivity contribution in [3.63, 3.8) is 0 Å². The molecule has 3 rings (SSSR count). The zero-order valence-corrected chi connectivity index (χ0v) is 17.6. The predicted octanol–water partition coefficient (Wildman–Crippen LogP) is 5.37. The van der Waals surface area contributed by atoms with Gasteiger partial charge in [-0.2, -0.15) is 46.6 Å². The number of rotatable bonds is 4. The summed E-state index contributed by atoms with van der Waals surface area (Å²) < 4.78 is 77.1. The molecule has 13 heteroatoms. The van der Waals surface area contributed by atoms with E-state index in [9.17, 15) is 31.6 Å². The van der Waals surface area contributed by atoms with Crippen LogP contribution in [-0.2, 0) is 18.9 Å². The second kappa shape index (κ2) is 8.22. The van der Waals surface area contributed by atoms with E-state index in [0.29, 0.717) is 0 Å². The average molecular weight is 492 g/mol. The van der Waals surface area contributed by atoms with E-state index in [4.69, 9.17) is 23.8 Å². The van der Waals surface area contributed by atoms with Gasteiger partial charge in [-0.25, -0.2) is 0 Å². The normalized spacial score (nSPS) is 14.1. The maximum atomic E-state index is 13.0. The van der Waals surface area contributed by atoms with Crippen LogP contribution in [0.3, 0.4) is 0 Å². The number of hydrogen-bond acceptors (Lipinski definition) is 4. The van der Waals surface area contributed by atoms with Crippen molar-refractivity contribution in [2.75, 3.05) is 0 Å². The molecule has 0 bridgehead atoms. The van der Waals surface area contributed by atoms with Crippen LogP contribution in [0.15, 0.2) is 36.4 Å². The molecule has 0 aliphatic carbocycles. The highest BCUT2D eigenvalue weighted by Gasteiger charge is 2.33. The van der Waals surface area contributed by atoms with Crippen LogP contribution in [0.1, 0.15) is 23.6 Å². The molecule has 0 amide bonds. The van der Waals surface area contributed by atoms with Crippen molar-refractivity contribution in [1.29, 1.82) is 5.26 Å². The number of nitriles is 1.